The standard InChI is InChI=1S/C30H58O6/c1-27(2,3)16-20-13-23(29(7,8)9)35-25(33-20)15-22(18-31)32-19-26-34-21(17-28(4,5)6)14-24(36-26)30(10,11)12/h20-26,31H,13-19H2,1-12H3. The Hall–Kier alpha value is -0.240. The molecule has 6 nitrogen and oxygen atoms in total. The van der Waals surface area contributed by atoms with Crippen molar-refractivity contribution < 1.29 is 28.8 Å². The van der Waals surface area contributed by atoms with Crippen LogP contribution in [0.4, 0.5) is 0 Å². The Balaban J connectivity index is 2.02. The Kier molecular flexibility index (Phi) is 10.9. The third kappa shape index (κ3) is 11.2. The van der Waals surface area contributed by atoms with Gasteiger partial charge < -0.3 is 28.8 Å². The second-order valence-corrected chi connectivity index (χ2v) is 15.7. The van der Waals surface area contributed by atoms with E-state index in [2.05, 4.69) is 83.1 Å². The summed E-state index contributed by atoms with van der Waals surface area (Å²) >= 11 is 0. The first-order valence-electron chi connectivity index (χ1n) is 14.1. The van der Waals surface area contributed by atoms with E-state index in [1.807, 2.05) is 0 Å². The first-order valence-corrected chi connectivity index (χ1v) is 14.1. The molecule has 2 heterocycles. The van der Waals surface area contributed by atoms with Crippen molar-refractivity contribution in [2.45, 2.75) is 158 Å². The van der Waals surface area contributed by atoms with E-state index in [1.165, 1.54) is 0 Å². The van der Waals surface area contributed by atoms with Gasteiger partial charge in [0, 0.05) is 19.3 Å². The summed E-state index contributed by atoms with van der Waals surface area (Å²) in [6.07, 6.45) is 3.36. The molecule has 0 aromatic carbocycles. The summed E-state index contributed by atoms with van der Waals surface area (Å²) < 4.78 is 31.6. The number of hydrogen-bond acceptors (Lipinski definition) is 6. The molecular weight excluding hydrogens is 456 g/mol. The van der Waals surface area contributed by atoms with Crippen LogP contribution in [0, 0.1) is 21.7 Å². The van der Waals surface area contributed by atoms with E-state index in [0.29, 0.717) is 6.42 Å². The van der Waals surface area contributed by atoms with Crippen molar-refractivity contribution in [1.82, 2.24) is 0 Å². The maximum Gasteiger partial charge on any atom is 0.181 e. The lowest BCUT2D eigenvalue weighted by molar-refractivity contribution is -0.293. The van der Waals surface area contributed by atoms with Crippen molar-refractivity contribution in [3.05, 3.63) is 0 Å². The maximum atomic E-state index is 10.1. The Morgan fingerprint density at radius 3 is 1.47 bits per heavy atom. The molecule has 0 bridgehead atoms. The van der Waals surface area contributed by atoms with E-state index < -0.39 is 18.7 Å². The quantitative estimate of drug-likeness (QED) is 0.388. The van der Waals surface area contributed by atoms with Gasteiger partial charge in [-0.25, -0.2) is 0 Å². The Morgan fingerprint density at radius 1 is 0.667 bits per heavy atom. The normalized spacial score (nSPS) is 31.9. The molecule has 6 heteroatoms. The molecule has 0 saturated carbocycles. The summed E-state index contributed by atoms with van der Waals surface area (Å²) in [5.41, 5.74) is 0.376. The van der Waals surface area contributed by atoms with Gasteiger partial charge in [-0.3, -0.25) is 0 Å². The maximum absolute atomic E-state index is 10.1. The predicted octanol–water partition coefficient (Wildman–Crippen LogP) is 6.72. The van der Waals surface area contributed by atoms with Crippen LogP contribution in [0.1, 0.15) is 115 Å². The number of aliphatic hydroxyl groups excluding tert-OH is 1. The van der Waals surface area contributed by atoms with Gasteiger partial charge in [0.2, 0.25) is 0 Å². The van der Waals surface area contributed by atoms with Crippen LogP contribution in [0.15, 0.2) is 0 Å². The van der Waals surface area contributed by atoms with E-state index in [9.17, 15) is 5.11 Å². The van der Waals surface area contributed by atoms with Gasteiger partial charge in [0.25, 0.3) is 0 Å². The van der Waals surface area contributed by atoms with Gasteiger partial charge in [-0.05, 0) is 34.5 Å². The van der Waals surface area contributed by atoms with Crippen LogP contribution >= 0.6 is 0 Å². The van der Waals surface area contributed by atoms with Gasteiger partial charge in [-0.15, -0.1) is 0 Å². The summed E-state index contributed by atoms with van der Waals surface area (Å²) in [6, 6.07) is 0. The van der Waals surface area contributed by atoms with Crippen LogP contribution in [0.2, 0.25) is 0 Å². The molecule has 214 valence electrons. The zero-order valence-corrected chi connectivity index (χ0v) is 25.5. The van der Waals surface area contributed by atoms with Crippen molar-refractivity contribution >= 4 is 0 Å². The molecule has 0 aromatic rings. The van der Waals surface area contributed by atoms with E-state index in [1.54, 1.807) is 0 Å². The minimum atomic E-state index is -0.450. The van der Waals surface area contributed by atoms with Crippen molar-refractivity contribution in [2.24, 2.45) is 21.7 Å². The molecular formula is C30H58O6. The molecule has 2 aliphatic heterocycles. The lowest BCUT2D eigenvalue weighted by atomic mass is 9.81. The van der Waals surface area contributed by atoms with Gasteiger partial charge in [0.15, 0.2) is 12.6 Å². The van der Waals surface area contributed by atoms with E-state index in [-0.39, 0.29) is 59.3 Å². The molecule has 2 fully saturated rings. The van der Waals surface area contributed by atoms with E-state index in [0.717, 1.165) is 25.7 Å². The highest BCUT2D eigenvalue weighted by molar-refractivity contribution is 4.86. The molecule has 0 spiro atoms. The largest absolute Gasteiger partial charge is 0.394 e. The fraction of sp³-hybridized carbons (Fsp3) is 1.00. The van der Waals surface area contributed by atoms with Gasteiger partial charge in [-0.2, -0.15) is 0 Å². The van der Waals surface area contributed by atoms with Gasteiger partial charge in [0.05, 0.1) is 43.7 Å². The van der Waals surface area contributed by atoms with Crippen LogP contribution in [0.25, 0.3) is 0 Å². The summed E-state index contributed by atoms with van der Waals surface area (Å²) in [7, 11) is 0. The minimum Gasteiger partial charge on any atom is -0.394 e. The fourth-order valence-corrected chi connectivity index (χ4v) is 5.12. The fourth-order valence-electron chi connectivity index (χ4n) is 5.12. The second-order valence-electron chi connectivity index (χ2n) is 15.7. The molecule has 7 unspecified atom stereocenters. The minimum absolute atomic E-state index is 0.0154. The van der Waals surface area contributed by atoms with Crippen LogP contribution in [-0.2, 0) is 23.7 Å². The molecule has 0 aliphatic carbocycles. The molecule has 0 amide bonds. The molecule has 1 N–H and O–H groups in total. The molecule has 0 radical (unpaired) electrons. The van der Waals surface area contributed by atoms with E-state index in [4.69, 9.17) is 23.7 Å². The average Bonchev–Trinajstić information content (AvgIpc) is 2.66. The lowest BCUT2D eigenvalue weighted by Crippen LogP contribution is -2.48. The van der Waals surface area contributed by atoms with E-state index >= 15 is 0 Å². The lowest BCUT2D eigenvalue weighted by Gasteiger charge is -2.44. The highest BCUT2D eigenvalue weighted by Gasteiger charge is 2.40. The average molecular weight is 515 g/mol. The van der Waals surface area contributed by atoms with Crippen molar-refractivity contribution in [3.63, 3.8) is 0 Å². The number of ether oxygens (including phenoxy) is 5. The summed E-state index contributed by atoms with van der Waals surface area (Å²) in [5.74, 6) is 0. The number of hydrogen-bond donors (Lipinski definition) is 1. The van der Waals surface area contributed by atoms with Gasteiger partial charge in [0.1, 0.15) is 0 Å². The third-order valence-electron chi connectivity index (χ3n) is 7.01. The molecule has 2 rings (SSSR count). The van der Waals surface area contributed by atoms with Crippen molar-refractivity contribution in [1.29, 1.82) is 0 Å². The molecule has 2 aliphatic rings. The SMILES string of the molecule is CC(C)(C)CC1CC(C(C)(C)C)OC(COC(CO)CC2OC(CC(C)(C)C)CC(C(C)(C)C)O2)O1. The summed E-state index contributed by atoms with van der Waals surface area (Å²) in [4.78, 5) is 0. The van der Waals surface area contributed by atoms with Crippen LogP contribution in [0.5, 0.6) is 0 Å². The van der Waals surface area contributed by atoms with Crippen LogP contribution in [0.3, 0.4) is 0 Å². The van der Waals surface area contributed by atoms with Crippen LogP contribution in [-0.4, -0.2) is 61.4 Å². The number of rotatable bonds is 8. The summed E-state index contributed by atoms with van der Waals surface area (Å²) in [5, 5.41) is 10.1. The van der Waals surface area contributed by atoms with Crippen molar-refractivity contribution in [2.75, 3.05) is 13.2 Å². The first-order chi connectivity index (χ1) is 16.2. The van der Waals surface area contributed by atoms with Gasteiger partial charge in [-0.1, -0.05) is 83.1 Å². The molecule has 7 atom stereocenters. The third-order valence-corrected chi connectivity index (χ3v) is 7.01. The van der Waals surface area contributed by atoms with Crippen LogP contribution < -0.4 is 0 Å². The smallest absolute Gasteiger partial charge is 0.181 e. The predicted molar refractivity (Wildman–Crippen MR) is 145 cm³/mol. The zero-order valence-electron chi connectivity index (χ0n) is 25.5. The highest BCUT2D eigenvalue weighted by atomic mass is 16.7. The Bertz CT molecular complexity index is 650. The molecule has 0 aromatic heterocycles. The monoisotopic (exact) mass is 514 g/mol. The first kappa shape index (κ1) is 32.0. The highest BCUT2D eigenvalue weighted by Crippen LogP contribution is 2.38. The van der Waals surface area contributed by atoms with Gasteiger partial charge >= 0.3 is 0 Å². The number of aliphatic hydroxyl groups is 1. The molecule has 2 saturated heterocycles. The summed E-state index contributed by atoms with van der Waals surface area (Å²) in [6.45, 7) is 26.9. The Morgan fingerprint density at radius 2 is 1.08 bits per heavy atom. The topological polar surface area (TPSA) is 66.4 Å². The Labute approximate surface area is 222 Å². The zero-order chi connectivity index (χ0) is 27.5. The van der Waals surface area contributed by atoms with Crippen molar-refractivity contribution in [3.8, 4) is 0 Å². The molecule has 36 heavy (non-hydrogen) atoms. The second kappa shape index (κ2) is 12.3.